The van der Waals surface area contributed by atoms with Gasteiger partial charge in [-0.25, -0.2) is 19.3 Å². The van der Waals surface area contributed by atoms with E-state index in [1.807, 2.05) is 46.3 Å². The molecular weight excluding hydrogens is 544 g/mol. The van der Waals surface area contributed by atoms with Crippen LogP contribution in [-0.4, -0.2) is 58.8 Å². The molecule has 0 spiro atoms. The molecule has 1 fully saturated rings. The standard InChI is InChI=1S/C26H23ClN6OS2.2H2O/c27-18-6-8-21(9-7-18)36-32-12-2-4-19(16-32)29-25-28-11-10-22(30-25)24-23(17-3-1-5-20(34)15-17)31-26-33(24)13-14-35-26;;/h1,3,5-11,13-15,19,34H,2,4,12,16H2,(H,28,29,30);2*1H2/t19-;;/m1../s1. The number of piperidine rings is 1. The van der Waals surface area contributed by atoms with Crippen LogP contribution in [0.4, 0.5) is 5.95 Å². The first-order chi connectivity index (χ1) is 17.6. The first-order valence-corrected chi connectivity index (χ1v) is 13.7. The summed E-state index contributed by atoms with van der Waals surface area (Å²) in [5.41, 5.74) is 3.28. The highest BCUT2D eigenvalue weighted by Crippen LogP contribution is 2.35. The predicted octanol–water partition coefficient (Wildman–Crippen LogP) is 4.81. The minimum atomic E-state index is 0. The molecule has 1 aliphatic rings. The van der Waals surface area contributed by atoms with Gasteiger partial charge in [0, 0.05) is 52.4 Å². The van der Waals surface area contributed by atoms with Crippen LogP contribution in [0.5, 0.6) is 5.75 Å². The molecule has 38 heavy (non-hydrogen) atoms. The summed E-state index contributed by atoms with van der Waals surface area (Å²) < 4.78 is 4.42. The number of anilines is 1. The molecule has 2 aromatic carbocycles. The van der Waals surface area contributed by atoms with Crippen LogP contribution in [0.15, 0.2) is 77.3 Å². The number of thiazole rings is 1. The number of aromatic nitrogens is 4. The summed E-state index contributed by atoms with van der Waals surface area (Å²) in [7, 11) is 0. The quantitative estimate of drug-likeness (QED) is 0.279. The van der Waals surface area contributed by atoms with Gasteiger partial charge in [-0.1, -0.05) is 23.7 Å². The molecule has 0 radical (unpaired) electrons. The summed E-state index contributed by atoms with van der Waals surface area (Å²) in [6.45, 7) is 1.92. The first-order valence-electron chi connectivity index (χ1n) is 11.7. The van der Waals surface area contributed by atoms with Gasteiger partial charge in [-0.3, -0.25) is 4.40 Å². The molecule has 1 saturated heterocycles. The lowest BCUT2D eigenvalue weighted by Crippen LogP contribution is -2.38. The number of phenolic OH excluding ortho intramolecular Hbond substituents is 1. The highest BCUT2D eigenvalue weighted by molar-refractivity contribution is 7.97. The van der Waals surface area contributed by atoms with Gasteiger partial charge in [0.15, 0.2) is 4.96 Å². The largest absolute Gasteiger partial charge is 0.508 e. The van der Waals surface area contributed by atoms with E-state index in [9.17, 15) is 5.11 Å². The van der Waals surface area contributed by atoms with Crippen molar-refractivity contribution in [2.24, 2.45) is 0 Å². The smallest absolute Gasteiger partial charge is 0.223 e. The maximum absolute atomic E-state index is 10.0. The van der Waals surface area contributed by atoms with Crippen LogP contribution in [0.25, 0.3) is 27.6 Å². The van der Waals surface area contributed by atoms with Gasteiger partial charge in [-0.05, 0) is 67.3 Å². The van der Waals surface area contributed by atoms with E-state index in [0.717, 1.165) is 58.6 Å². The molecule has 0 amide bonds. The third kappa shape index (κ3) is 5.93. The second-order valence-electron chi connectivity index (χ2n) is 8.60. The molecule has 3 aromatic heterocycles. The van der Waals surface area contributed by atoms with Gasteiger partial charge in [-0.2, -0.15) is 0 Å². The molecule has 6 N–H and O–H groups in total. The summed E-state index contributed by atoms with van der Waals surface area (Å²) in [5, 5.41) is 16.3. The van der Waals surface area contributed by atoms with E-state index in [0.29, 0.717) is 5.95 Å². The van der Waals surface area contributed by atoms with E-state index in [1.165, 1.54) is 4.90 Å². The molecule has 1 aliphatic heterocycles. The number of rotatable bonds is 6. The zero-order valence-corrected chi connectivity index (χ0v) is 22.6. The molecule has 4 heterocycles. The third-order valence-electron chi connectivity index (χ3n) is 6.05. The fourth-order valence-electron chi connectivity index (χ4n) is 4.42. The SMILES string of the molecule is O.O.Oc1cccc(-c2nc3sccn3c2-c2ccnc(N[C@@H]3CCCN(Sc4ccc(Cl)cc4)C3)n2)c1. The van der Waals surface area contributed by atoms with Crippen LogP contribution in [0.1, 0.15) is 12.8 Å². The molecule has 0 saturated carbocycles. The summed E-state index contributed by atoms with van der Waals surface area (Å²) in [6.07, 6.45) is 5.93. The Morgan fingerprint density at radius 1 is 1.08 bits per heavy atom. The lowest BCUT2D eigenvalue weighted by molar-refractivity contribution is 0.355. The van der Waals surface area contributed by atoms with E-state index in [2.05, 4.69) is 26.7 Å². The van der Waals surface area contributed by atoms with E-state index in [1.54, 1.807) is 41.6 Å². The Bertz CT molecular complexity index is 1510. The van der Waals surface area contributed by atoms with Crippen LogP contribution in [0.3, 0.4) is 0 Å². The average Bonchev–Trinajstić information content (AvgIpc) is 3.48. The lowest BCUT2D eigenvalue weighted by Gasteiger charge is -2.32. The molecule has 0 unspecified atom stereocenters. The summed E-state index contributed by atoms with van der Waals surface area (Å²) in [4.78, 5) is 16.3. The number of phenols is 1. The number of hydrogen-bond donors (Lipinski definition) is 2. The molecule has 9 nitrogen and oxygen atoms in total. The van der Waals surface area contributed by atoms with Crippen molar-refractivity contribution in [3.05, 3.63) is 77.4 Å². The second-order valence-corrected chi connectivity index (χ2v) is 11.1. The fraction of sp³-hybridized carbons (Fsp3) is 0.192. The van der Waals surface area contributed by atoms with Gasteiger partial charge in [0.2, 0.25) is 5.95 Å². The monoisotopic (exact) mass is 570 g/mol. The lowest BCUT2D eigenvalue weighted by atomic mass is 10.1. The zero-order valence-electron chi connectivity index (χ0n) is 20.2. The Kier molecular flexibility index (Phi) is 8.87. The summed E-state index contributed by atoms with van der Waals surface area (Å²) >= 11 is 9.35. The molecular formula is C26H27ClN6O3S2. The predicted molar refractivity (Wildman–Crippen MR) is 154 cm³/mol. The van der Waals surface area contributed by atoms with E-state index >= 15 is 0 Å². The van der Waals surface area contributed by atoms with Gasteiger partial charge in [0.05, 0.1) is 11.4 Å². The van der Waals surface area contributed by atoms with Crippen molar-refractivity contribution in [3.8, 4) is 28.4 Å². The zero-order chi connectivity index (χ0) is 24.5. The van der Waals surface area contributed by atoms with Gasteiger partial charge >= 0.3 is 0 Å². The average molecular weight is 571 g/mol. The third-order valence-corrected chi connectivity index (χ3v) is 8.13. The Morgan fingerprint density at radius 3 is 2.74 bits per heavy atom. The number of nitrogens with zero attached hydrogens (tertiary/aromatic N) is 5. The van der Waals surface area contributed by atoms with E-state index in [-0.39, 0.29) is 22.7 Å². The van der Waals surface area contributed by atoms with Crippen molar-refractivity contribution < 1.29 is 16.1 Å². The summed E-state index contributed by atoms with van der Waals surface area (Å²) in [6, 6.07) is 17.3. The molecule has 0 aliphatic carbocycles. The van der Waals surface area contributed by atoms with Crippen LogP contribution < -0.4 is 5.32 Å². The van der Waals surface area contributed by atoms with Crippen LogP contribution >= 0.6 is 34.9 Å². The van der Waals surface area contributed by atoms with Crippen molar-refractivity contribution in [3.63, 3.8) is 0 Å². The minimum absolute atomic E-state index is 0. The van der Waals surface area contributed by atoms with Crippen molar-refractivity contribution >= 4 is 45.8 Å². The number of halogens is 1. The fourth-order valence-corrected chi connectivity index (χ4v) is 6.29. The molecule has 5 aromatic rings. The number of imidazole rings is 1. The van der Waals surface area contributed by atoms with Crippen molar-refractivity contribution in [1.29, 1.82) is 0 Å². The Morgan fingerprint density at radius 2 is 1.92 bits per heavy atom. The number of nitrogens with one attached hydrogen (secondary N) is 1. The van der Waals surface area contributed by atoms with Crippen molar-refractivity contribution in [1.82, 2.24) is 23.7 Å². The highest BCUT2D eigenvalue weighted by Gasteiger charge is 2.23. The number of fused-ring (bicyclic) bond motifs is 1. The van der Waals surface area contributed by atoms with Crippen LogP contribution in [-0.2, 0) is 0 Å². The second kappa shape index (κ2) is 12.1. The van der Waals surface area contributed by atoms with E-state index in [4.69, 9.17) is 21.6 Å². The molecule has 198 valence electrons. The maximum Gasteiger partial charge on any atom is 0.223 e. The number of benzene rings is 2. The Hall–Kier alpha value is -3.19. The molecule has 0 bridgehead atoms. The van der Waals surface area contributed by atoms with Crippen molar-refractivity contribution in [2.75, 3.05) is 18.4 Å². The maximum atomic E-state index is 10.0. The molecule has 12 heteroatoms. The minimum Gasteiger partial charge on any atom is -0.508 e. The molecule has 1 atom stereocenters. The Labute approximate surface area is 232 Å². The van der Waals surface area contributed by atoms with Gasteiger partial charge in [0.1, 0.15) is 11.4 Å². The highest BCUT2D eigenvalue weighted by atomic mass is 35.5. The van der Waals surface area contributed by atoms with Crippen molar-refractivity contribution in [2.45, 2.75) is 23.8 Å². The molecule has 6 rings (SSSR count). The van der Waals surface area contributed by atoms with Gasteiger partial charge in [0.25, 0.3) is 0 Å². The normalized spacial score (nSPS) is 15.6. The Balaban J connectivity index is 0.00000168. The van der Waals surface area contributed by atoms with E-state index < -0.39 is 0 Å². The first kappa shape index (κ1) is 27.8. The number of aromatic hydroxyl groups is 1. The summed E-state index contributed by atoms with van der Waals surface area (Å²) in [5.74, 6) is 0.807. The van der Waals surface area contributed by atoms with Crippen LogP contribution in [0, 0.1) is 0 Å². The number of hydrogen-bond acceptors (Lipinski definition) is 8. The van der Waals surface area contributed by atoms with Gasteiger partial charge < -0.3 is 21.4 Å². The van der Waals surface area contributed by atoms with Crippen LogP contribution in [0.2, 0.25) is 5.02 Å². The van der Waals surface area contributed by atoms with Gasteiger partial charge in [-0.15, -0.1) is 11.3 Å². The topological polar surface area (TPSA) is 142 Å².